The van der Waals surface area contributed by atoms with Gasteiger partial charge >= 0.3 is 0 Å². The van der Waals surface area contributed by atoms with E-state index in [0.717, 1.165) is 12.0 Å². The van der Waals surface area contributed by atoms with Crippen LogP contribution in [0.5, 0.6) is 0 Å². The molecule has 0 aliphatic carbocycles. The summed E-state index contributed by atoms with van der Waals surface area (Å²) in [6.07, 6.45) is 2.46. The molecule has 0 amide bonds. The van der Waals surface area contributed by atoms with E-state index in [1.54, 1.807) is 30.5 Å². The molecule has 0 radical (unpaired) electrons. The van der Waals surface area contributed by atoms with Gasteiger partial charge in [0.25, 0.3) is 5.69 Å². The number of pyridine rings is 1. The molecule has 0 aliphatic heterocycles. The van der Waals surface area contributed by atoms with Crippen molar-refractivity contribution in [2.45, 2.75) is 18.2 Å². The molecule has 1 unspecified atom stereocenters. The fraction of sp³-hybridized carbons (Fsp3) is 0.250. The molecule has 17 heavy (non-hydrogen) atoms. The highest BCUT2D eigenvalue weighted by atomic mass is 79.9. The van der Waals surface area contributed by atoms with Crippen molar-refractivity contribution in [2.24, 2.45) is 0 Å². The van der Waals surface area contributed by atoms with Gasteiger partial charge in [-0.15, -0.1) is 0 Å². The number of nitro benzene ring substituents is 1. The van der Waals surface area contributed by atoms with Crippen molar-refractivity contribution in [2.75, 3.05) is 0 Å². The summed E-state index contributed by atoms with van der Waals surface area (Å²) in [4.78, 5) is 15.1. The van der Waals surface area contributed by atoms with Gasteiger partial charge in [-0.25, -0.2) is 0 Å². The van der Waals surface area contributed by atoms with Crippen LogP contribution < -0.4 is 0 Å². The van der Waals surface area contributed by atoms with Crippen molar-refractivity contribution in [1.29, 1.82) is 0 Å². The Morgan fingerprint density at radius 3 is 2.88 bits per heavy atom. The highest BCUT2D eigenvalue weighted by Crippen LogP contribution is 2.27. The number of aromatic nitrogens is 1. The van der Waals surface area contributed by atoms with E-state index >= 15 is 0 Å². The first kappa shape index (κ1) is 12.0. The molecule has 0 bridgehead atoms. The van der Waals surface area contributed by atoms with E-state index in [2.05, 4.69) is 20.9 Å². The quantitative estimate of drug-likeness (QED) is 0.495. The number of nitro groups is 1. The van der Waals surface area contributed by atoms with Crippen LogP contribution >= 0.6 is 15.9 Å². The van der Waals surface area contributed by atoms with Crippen LogP contribution in [0.3, 0.4) is 0 Å². The van der Waals surface area contributed by atoms with Gasteiger partial charge in [0, 0.05) is 17.1 Å². The second-order valence-electron chi connectivity index (χ2n) is 3.89. The first-order chi connectivity index (χ1) is 8.09. The molecule has 0 aliphatic rings. The molecule has 2 aromatic rings. The van der Waals surface area contributed by atoms with Crippen LogP contribution in [-0.4, -0.2) is 14.7 Å². The van der Waals surface area contributed by atoms with E-state index in [9.17, 15) is 10.1 Å². The lowest BCUT2D eigenvalue weighted by molar-refractivity contribution is -0.383. The van der Waals surface area contributed by atoms with Gasteiger partial charge < -0.3 is 0 Å². The van der Waals surface area contributed by atoms with Crippen molar-refractivity contribution in [1.82, 2.24) is 4.98 Å². The molecule has 0 saturated carbocycles. The lowest BCUT2D eigenvalue weighted by Gasteiger charge is -2.07. The van der Waals surface area contributed by atoms with Gasteiger partial charge in [-0.1, -0.05) is 22.9 Å². The maximum absolute atomic E-state index is 10.9. The Kier molecular flexibility index (Phi) is 3.38. The Labute approximate surface area is 107 Å². The molecular weight excluding hydrogens is 284 g/mol. The zero-order chi connectivity index (χ0) is 12.4. The van der Waals surface area contributed by atoms with Gasteiger partial charge in [-0.3, -0.25) is 15.1 Å². The number of hydrogen-bond acceptors (Lipinski definition) is 3. The largest absolute Gasteiger partial charge is 0.278 e. The summed E-state index contributed by atoms with van der Waals surface area (Å²) in [5.74, 6) is 0. The van der Waals surface area contributed by atoms with Crippen LogP contribution in [0.2, 0.25) is 0 Å². The summed E-state index contributed by atoms with van der Waals surface area (Å²) in [5.41, 5.74) is 1.85. The first-order valence-corrected chi connectivity index (χ1v) is 6.16. The molecule has 0 N–H and O–H groups in total. The Morgan fingerprint density at radius 1 is 1.47 bits per heavy atom. The lowest BCUT2D eigenvalue weighted by Crippen LogP contribution is -2.00. The Bertz CT molecular complexity index is 569. The second kappa shape index (κ2) is 4.79. The molecule has 5 heteroatoms. The predicted molar refractivity (Wildman–Crippen MR) is 70.5 cm³/mol. The normalized spacial score (nSPS) is 12.6. The van der Waals surface area contributed by atoms with E-state index in [1.165, 1.54) is 0 Å². The minimum atomic E-state index is -0.370. The van der Waals surface area contributed by atoms with Crippen LogP contribution in [0.4, 0.5) is 5.69 Å². The van der Waals surface area contributed by atoms with E-state index in [4.69, 9.17) is 0 Å². The average Bonchev–Trinajstić information content (AvgIpc) is 2.28. The van der Waals surface area contributed by atoms with Gasteiger partial charge in [-0.2, -0.15) is 0 Å². The summed E-state index contributed by atoms with van der Waals surface area (Å²) < 4.78 is 0. The summed E-state index contributed by atoms with van der Waals surface area (Å²) >= 11 is 3.48. The second-order valence-corrected chi connectivity index (χ2v) is 5.45. The van der Waals surface area contributed by atoms with Gasteiger partial charge in [-0.05, 0) is 30.2 Å². The summed E-state index contributed by atoms with van der Waals surface area (Å²) in [7, 11) is 0. The van der Waals surface area contributed by atoms with Crippen LogP contribution in [0.1, 0.15) is 12.5 Å². The molecule has 1 atom stereocenters. The van der Waals surface area contributed by atoms with Gasteiger partial charge in [0.2, 0.25) is 0 Å². The Morgan fingerprint density at radius 2 is 2.24 bits per heavy atom. The fourth-order valence-electron chi connectivity index (χ4n) is 1.84. The van der Waals surface area contributed by atoms with E-state index in [0.29, 0.717) is 15.7 Å². The average molecular weight is 295 g/mol. The molecule has 1 aromatic heterocycles. The van der Waals surface area contributed by atoms with Crippen molar-refractivity contribution in [3.8, 4) is 0 Å². The van der Waals surface area contributed by atoms with E-state index < -0.39 is 0 Å². The van der Waals surface area contributed by atoms with Gasteiger partial charge in [0.15, 0.2) is 0 Å². The SMILES string of the molecule is CC(Br)Cc1ccc([N+](=O)[O-])c2cccnc12. The predicted octanol–water partition coefficient (Wildman–Crippen LogP) is 3.47. The van der Waals surface area contributed by atoms with Crippen molar-refractivity contribution < 1.29 is 4.92 Å². The van der Waals surface area contributed by atoms with Crippen LogP contribution in [0.15, 0.2) is 30.5 Å². The summed E-state index contributed by atoms with van der Waals surface area (Å²) in [6.45, 7) is 2.04. The fourth-order valence-corrected chi connectivity index (χ4v) is 2.19. The summed E-state index contributed by atoms with van der Waals surface area (Å²) in [5, 5.41) is 11.5. The standard InChI is InChI=1S/C12H11BrN2O2/c1-8(13)7-9-4-5-11(15(16)17)10-3-2-6-14-12(9)10/h2-6,8H,7H2,1H3. The highest BCUT2D eigenvalue weighted by Gasteiger charge is 2.15. The lowest BCUT2D eigenvalue weighted by atomic mass is 10.0. The Hall–Kier alpha value is -1.49. The number of alkyl halides is 1. The molecule has 4 nitrogen and oxygen atoms in total. The number of non-ortho nitro benzene ring substituents is 1. The number of hydrogen-bond donors (Lipinski definition) is 0. The third-order valence-corrected chi connectivity index (χ3v) is 2.85. The van der Waals surface area contributed by atoms with E-state index in [-0.39, 0.29) is 10.6 Å². The summed E-state index contributed by atoms with van der Waals surface area (Å²) in [6, 6.07) is 6.79. The monoisotopic (exact) mass is 294 g/mol. The Balaban J connectivity index is 2.66. The van der Waals surface area contributed by atoms with Crippen LogP contribution in [-0.2, 0) is 6.42 Å². The minimum absolute atomic E-state index is 0.110. The van der Waals surface area contributed by atoms with Crippen molar-refractivity contribution in [3.05, 3.63) is 46.1 Å². The molecule has 2 rings (SSSR count). The smallest absolute Gasteiger partial charge is 0.258 e. The number of benzene rings is 1. The van der Waals surface area contributed by atoms with Crippen LogP contribution in [0, 0.1) is 10.1 Å². The van der Waals surface area contributed by atoms with Crippen molar-refractivity contribution >= 4 is 32.5 Å². The maximum Gasteiger partial charge on any atom is 0.278 e. The highest BCUT2D eigenvalue weighted by molar-refractivity contribution is 9.09. The number of rotatable bonds is 3. The number of halogens is 1. The zero-order valence-electron chi connectivity index (χ0n) is 9.26. The molecule has 0 saturated heterocycles. The number of fused-ring (bicyclic) bond motifs is 1. The van der Waals surface area contributed by atoms with E-state index in [1.807, 2.05) is 6.92 Å². The van der Waals surface area contributed by atoms with Gasteiger partial charge in [0.05, 0.1) is 15.8 Å². The maximum atomic E-state index is 10.9. The first-order valence-electron chi connectivity index (χ1n) is 5.24. The molecular formula is C12H11BrN2O2. The minimum Gasteiger partial charge on any atom is -0.258 e. The number of nitrogens with zero attached hydrogens (tertiary/aromatic N) is 2. The molecule has 1 heterocycles. The van der Waals surface area contributed by atoms with Gasteiger partial charge in [0.1, 0.15) is 0 Å². The van der Waals surface area contributed by atoms with Crippen molar-refractivity contribution in [3.63, 3.8) is 0 Å². The molecule has 88 valence electrons. The third kappa shape index (κ3) is 2.44. The molecule has 1 aromatic carbocycles. The zero-order valence-corrected chi connectivity index (χ0v) is 10.8. The topological polar surface area (TPSA) is 56.0 Å². The van der Waals surface area contributed by atoms with Crippen LogP contribution in [0.25, 0.3) is 10.9 Å². The third-order valence-electron chi connectivity index (χ3n) is 2.53. The molecule has 0 spiro atoms. The molecule has 0 fully saturated rings.